The molecule has 3 nitrogen and oxygen atoms in total. The Kier molecular flexibility index (Phi) is 5.72. The molecule has 0 N–H and O–H groups in total. The Bertz CT molecular complexity index is 1450. The van der Waals surface area contributed by atoms with Gasteiger partial charge in [0.2, 0.25) is 0 Å². The van der Waals surface area contributed by atoms with E-state index in [0.717, 1.165) is 44.9 Å². The number of allylic oxidation sites excluding steroid dienone is 1. The van der Waals surface area contributed by atoms with E-state index in [2.05, 4.69) is 97.6 Å². The Morgan fingerprint density at radius 2 is 1.26 bits per heavy atom. The topological polar surface area (TPSA) is 40.2 Å². The van der Waals surface area contributed by atoms with Gasteiger partial charge in [0.05, 0.1) is 6.07 Å². The molecule has 0 aliphatic carbocycles. The molecule has 0 aliphatic heterocycles. The van der Waals surface area contributed by atoms with Crippen molar-refractivity contribution in [3.8, 4) is 17.4 Å². The highest BCUT2D eigenvalue weighted by Crippen LogP contribution is 2.36. The van der Waals surface area contributed by atoms with Crippen molar-refractivity contribution in [2.45, 2.75) is 13.8 Å². The number of rotatable bonds is 5. The molecule has 5 rings (SSSR count). The van der Waals surface area contributed by atoms with E-state index in [1.807, 2.05) is 24.3 Å². The fourth-order valence-corrected chi connectivity index (χ4v) is 4.04. The zero-order valence-corrected chi connectivity index (χ0v) is 19.2. The summed E-state index contributed by atoms with van der Waals surface area (Å²) in [4.78, 5) is 2.26. The van der Waals surface area contributed by atoms with Crippen LogP contribution in [-0.4, -0.2) is 0 Å². The van der Waals surface area contributed by atoms with Crippen molar-refractivity contribution in [2.24, 2.45) is 0 Å². The second kappa shape index (κ2) is 9.13. The van der Waals surface area contributed by atoms with Gasteiger partial charge in [-0.15, -0.1) is 0 Å². The molecule has 0 amide bonds. The Morgan fingerprint density at radius 3 is 1.82 bits per heavy atom. The number of furan rings is 1. The van der Waals surface area contributed by atoms with Crippen molar-refractivity contribution in [2.75, 3.05) is 4.90 Å². The molecule has 0 unspecified atom stereocenters. The lowest BCUT2D eigenvalue weighted by Gasteiger charge is -2.26. The standard InChI is InChI=1S/C31H24N2O/c1-22-5-13-27(14-6-22)33(28-15-7-23(2)8-16-28)29-17-11-25(12-18-29)31-21-26-10-9-24(4-3-19-32)20-30(26)34-31/h3-18,20-21H,1-2H3. The summed E-state index contributed by atoms with van der Waals surface area (Å²) in [5.74, 6) is 0.820. The molecule has 0 fully saturated rings. The average molecular weight is 441 g/mol. The van der Waals surface area contributed by atoms with Crippen LogP contribution in [0.3, 0.4) is 0 Å². The minimum absolute atomic E-state index is 0.806. The van der Waals surface area contributed by atoms with E-state index >= 15 is 0 Å². The van der Waals surface area contributed by atoms with Gasteiger partial charge in [0.1, 0.15) is 11.3 Å². The quantitative estimate of drug-likeness (QED) is 0.257. The van der Waals surface area contributed by atoms with Gasteiger partial charge in [0, 0.05) is 34.1 Å². The summed E-state index contributed by atoms with van der Waals surface area (Å²) in [5.41, 5.74) is 8.54. The Hall–Kier alpha value is -4.55. The maximum Gasteiger partial charge on any atom is 0.135 e. The van der Waals surface area contributed by atoms with Gasteiger partial charge in [-0.05, 0) is 86.2 Å². The molecule has 1 aromatic heterocycles. The van der Waals surface area contributed by atoms with Gasteiger partial charge in [-0.2, -0.15) is 5.26 Å². The summed E-state index contributed by atoms with van der Waals surface area (Å²) in [6.45, 7) is 4.20. The van der Waals surface area contributed by atoms with E-state index in [-0.39, 0.29) is 0 Å². The SMILES string of the molecule is Cc1ccc(N(c2ccc(C)cc2)c2ccc(-c3cc4ccc(C=CC#N)cc4o3)cc2)cc1. The Morgan fingerprint density at radius 1 is 0.706 bits per heavy atom. The van der Waals surface area contributed by atoms with Crippen molar-refractivity contribution in [3.63, 3.8) is 0 Å². The molecule has 0 atom stereocenters. The fraction of sp³-hybridized carbons (Fsp3) is 0.0645. The van der Waals surface area contributed by atoms with Gasteiger partial charge in [-0.1, -0.05) is 47.5 Å². The maximum absolute atomic E-state index is 8.76. The molecule has 0 saturated carbocycles. The number of benzene rings is 4. The van der Waals surface area contributed by atoms with Gasteiger partial charge in [0.15, 0.2) is 0 Å². The molecular formula is C31H24N2O. The molecule has 5 aromatic rings. The first kappa shape index (κ1) is 21.3. The third-order valence-electron chi connectivity index (χ3n) is 5.89. The van der Waals surface area contributed by atoms with Crippen LogP contribution < -0.4 is 4.90 Å². The lowest BCUT2D eigenvalue weighted by molar-refractivity contribution is 0.631. The van der Waals surface area contributed by atoms with Crippen molar-refractivity contribution in [3.05, 3.63) is 120 Å². The lowest BCUT2D eigenvalue weighted by Crippen LogP contribution is -2.09. The highest BCUT2D eigenvalue weighted by Gasteiger charge is 2.13. The van der Waals surface area contributed by atoms with Crippen LogP contribution in [0.2, 0.25) is 0 Å². The van der Waals surface area contributed by atoms with E-state index in [1.54, 1.807) is 6.08 Å². The first-order valence-electron chi connectivity index (χ1n) is 11.2. The Balaban J connectivity index is 1.50. The van der Waals surface area contributed by atoms with Gasteiger partial charge in [0.25, 0.3) is 0 Å². The van der Waals surface area contributed by atoms with Crippen molar-refractivity contribution in [1.29, 1.82) is 5.26 Å². The molecule has 4 aromatic carbocycles. The van der Waals surface area contributed by atoms with Crippen molar-refractivity contribution < 1.29 is 4.42 Å². The van der Waals surface area contributed by atoms with E-state index in [0.29, 0.717) is 0 Å². The molecule has 0 spiro atoms. The minimum Gasteiger partial charge on any atom is -0.456 e. The third kappa shape index (κ3) is 4.35. The maximum atomic E-state index is 8.76. The number of nitriles is 1. The van der Waals surface area contributed by atoms with Crippen molar-refractivity contribution >= 4 is 34.1 Å². The summed E-state index contributed by atoms with van der Waals surface area (Å²) < 4.78 is 6.14. The molecule has 0 bridgehead atoms. The molecular weight excluding hydrogens is 416 g/mol. The summed E-state index contributed by atoms with van der Waals surface area (Å²) in [7, 11) is 0. The minimum atomic E-state index is 0.806. The van der Waals surface area contributed by atoms with Crippen LogP contribution in [0.5, 0.6) is 0 Å². The number of anilines is 3. The zero-order chi connectivity index (χ0) is 23.5. The summed E-state index contributed by atoms with van der Waals surface area (Å²) in [6, 6.07) is 35.7. The number of aryl methyl sites for hydroxylation is 2. The van der Waals surface area contributed by atoms with Crippen LogP contribution in [0.15, 0.2) is 108 Å². The van der Waals surface area contributed by atoms with Gasteiger partial charge < -0.3 is 9.32 Å². The van der Waals surface area contributed by atoms with Crippen LogP contribution in [0.25, 0.3) is 28.4 Å². The van der Waals surface area contributed by atoms with Crippen LogP contribution in [0, 0.1) is 25.2 Å². The molecule has 164 valence electrons. The number of nitrogens with zero attached hydrogens (tertiary/aromatic N) is 2. The summed E-state index contributed by atoms with van der Waals surface area (Å²) >= 11 is 0. The molecule has 0 aliphatic rings. The first-order chi connectivity index (χ1) is 16.6. The smallest absolute Gasteiger partial charge is 0.135 e. The molecule has 0 radical (unpaired) electrons. The highest BCUT2D eigenvalue weighted by atomic mass is 16.3. The Labute approximate surface area is 199 Å². The van der Waals surface area contributed by atoms with Gasteiger partial charge in [-0.3, -0.25) is 0 Å². The van der Waals surface area contributed by atoms with E-state index in [4.69, 9.17) is 9.68 Å². The van der Waals surface area contributed by atoms with Crippen LogP contribution in [0.4, 0.5) is 17.1 Å². The van der Waals surface area contributed by atoms with E-state index in [1.165, 1.54) is 17.2 Å². The van der Waals surface area contributed by atoms with Crippen molar-refractivity contribution in [1.82, 2.24) is 0 Å². The highest BCUT2D eigenvalue weighted by molar-refractivity contribution is 5.85. The van der Waals surface area contributed by atoms with Crippen LogP contribution in [0.1, 0.15) is 16.7 Å². The fourth-order valence-electron chi connectivity index (χ4n) is 4.04. The second-order valence-electron chi connectivity index (χ2n) is 8.42. The second-order valence-corrected chi connectivity index (χ2v) is 8.42. The number of hydrogen-bond donors (Lipinski definition) is 0. The number of hydrogen-bond acceptors (Lipinski definition) is 3. The van der Waals surface area contributed by atoms with E-state index < -0.39 is 0 Å². The monoisotopic (exact) mass is 440 g/mol. The van der Waals surface area contributed by atoms with Gasteiger partial charge >= 0.3 is 0 Å². The molecule has 1 heterocycles. The zero-order valence-electron chi connectivity index (χ0n) is 19.2. The molecule has 34 heavy (non-hydrogen) atoms. The largest absolute Gasteiger partial charge is 0.456 e. The van der Waals surface area contributed by atoms with Gasteiger partial charge in [-0.25, -0.2) is 0 Å². The van der Waals surface area contributed by atoms with E-state index in [9.17, 15) is 0 Å². The summed E-state index contributed by atoms with van der Waals surface area (Å²) in [5, 5.41) is 9.80. The predicted octanol–water partition coefficient (Wildman–Crippen LogP) is 8.72. The molecule has 0 saturated heterocycles. The predicted molar refractivity (Wildman–Crippen MR) is 140 cm³/mol. The lowest BCUT2D eigenvalue weighted by atomic mass is 10.1. The van der Waals surface area contributed by atoms with Crippen LogP contribution in [-0.2, 0) is 0 Å². The average Bonchev–Trinajstić information content (AvgIpc) is 3.29. The third-order valence-corrected chi connectivity index (χ3v) is 5.89. The normalized spacial score (nSPS) is 11.1. The summed E-state index contributed by atoms with van der Waals surface area (Å²) in [6.07, 6.45) is 3.25. The molecule has 3 heteroatoms. The first-order valence-corrected chi connectivity index (χ1v) is 11.2. The van der Waals surface area contributed by atoms with Crippen LogP contribution >= 0.6 is 0 Å². The number of fused-ring (bicyclic) bond motifs is 1.